The van der Waals surface area contributed by atoms with E-state index in [-0.39, 0.29) is 17.8 Å². The Morgan fingerprint density at radius 1 is 1.03 bits per heavy atom. The first-order valence-corrected chi connectivity index (χ1v) is 9.44. The quantitative estimate of drug-likeness (QED) is 0.443. The average molecular weight is 419 g/mol. The van der Waals surface area contributed by atoms with Crippen LogP contribution in [0.1, 0.15) is 27.5 Å². The molecule has 0 heterocycles. The zero-order chi connectivity index (χ0) is 22.4. The van der Waals surface area contributed by atoms with Gasteiger partial charge >= 0.3 is 0 Å². The first-order chi connectivity index (χ1) is 14.9. The summed E-state index contributed by atoms with van der Waals surface area (Å²) < 4.78 is 5.24. The first kappa shape index (κ1) is 21.5. The van der Waals surface area contributed by atoms with E-state index >= 15 is 0 Å². The van der Waals surface area contributed by atoms with Crippen molar-refractivity contribution in [2.24, 2.45) is 5.73 Å². The van der Waals surface area contributed by atoms with Crippen molar-refractivity contribution in [2.75, 3.05) is 7.11 Å². The Labute approximate surface area is 179 Å². The van der Waals surface area contributed by atoms with Gasteiger partial charge in [-0.05, 0) is 29.3 Å². The average Bonchev–Trinajstić information content (AvgIpc) is 2.78. The van der Waals surface area contributed by atoms with Crippen molar-refractivity contribution in [1.29, 1.82) is 0 Å². The number of benzene rings is 3. The maximum Gasteiger partial charge on any atom is 0.282 e. The number of methoxy groups -OCH3 is 1. The molecule has 3 rings (SSSR count). The molecule has 0 aliphatic heterocycles. The molecule has 3 aromatic carbocycles. The Bertz CT molecular complexity index is 1100. The predicted octanol–water partition coefficient (Wildman–Crippen LogP) is 3.47. The number of para-hydroxylation sites is 1. The maximum atomic E-state index is 13.5. The van der Waals surface area contributed by atoms with E-state index in [9.17, 15) is 19.7 Å². The molecule has 0 saturated heterocycles. The summed E-state index contributed by atoms with van der Waals surface area (Å²) >= 11 is 0. The molecule has 8 nitrogen and oxygen atoms in total. The lowest BCUT2D eigenvalue weighted by Crippen LogP contribution is -2.41. The van der Waals surface area contributed by atoms with Crippen LogP contribution < -0.4 is 10.5 Å². The molecular formula is C23H21N3O5. The summed E-state index contributed by atoms with van der Waals surface area (Å²) in [6.45, 7) is -0.00934. The highest BCUT2D eigenvalue weighted by Gasteiger charge is 2.33. The van der Waals surface area contributed by atoms with E-state index in [2.05, 4.69) is 0 Å². The second-order valence-corrected chi connectivity index (χ2v) is 6.77. The molecule has 3 aromatic rings. The highest BCUT2D eigenvalue weighted by molar-refractivity contribution is 6.00. The number of carbonyl (C=O) groups excluding carboxylic acids is 2. The van der Waals surface area contributed by atoms with Gasteiger partial charge in [0.25, 0.3) is 11.6 Å². The summed E-state index contributed by atoms with van der Waals surface area (Å²) in [5, 5.41) is 11.5. The zero-order valence-corrected chi connectivity index (χ0v) is 16.8. The first-order valence-electron chi connectivity index (χ1n) is 9.44. The minimum absolute atomic E-state index is 0.00934. The number of rotatable bonds is 8. The SMILES string of the molecule is COc1cccc(CN(C(=O)c2ccccc2[N+](=O)[O-])[C@@H](C(N)=O)c2ccccc2)c1. The van der Waals surface area contributed by atoms with Crippen molar-refractivity contribution < 1.29 is 19.2 Å². The number of nitrogens with two attached hydrogens (primary N) is 1. The van der Waals surface area contributed by atoms with E-state index < -0.39 is 22.8 Å². The highest BCUT2D eigenvalue weighted by Crippen LogP contribution is 2.29. The van der Waals surface area contributed by atoms with Gasteiger partial charge in [-0.2, -0.15) is 0 Å². The molecule has 0 fully saturated rings. The highest BCUT2D eigenvalue weighted by atomic mass is 16.6. The van der Waals surface area contributed by atoms with Crippen molar-refractivity contribution in [2.45, 2.75) is 12.6 Å². The molecule has 2 N–H and O–H groups in total. The third kappa shape index (κ3) is 4.87. The van der Waals surface area contributed by atoms with Crippen LogP contribution in [-0.2, 0) is 11.3 Å². The Hall–Kier alpha value is -4.20. The molecule has 0 bridgehead atoms. The molecule has 8 heteroatoms. The Morgan fingerprint density at radius 2 is 1.71 bits per heavy atom. The standard InChI is InChI=1S/C23H21N3O5/c1-31-18-11-7-8-16(14-18)15-25(21(22(24)27)17-9-3-2-4-10-17)23(28)19-12-5-6-13-20(19)26(29)30/h2-14,21H,15H2,1H3,(H2,24,27)/t21-/m1/s1. The fraction of sp³-hybridized carbons (Fsp3) is 0.130. The van der Waals surface area contributed by atoms with Crippen LogP contribution in [0.3, 0.4) is 0 Å². The van der Waals surface area contributed by atoms with Gasteiger partial charge in [0, 0.05) is 12.6 Å². The minimum atomic E-state index is -1.13. The molecule has 0 radical (unpaired) electrons. The van der Waals surface area contributed by atoms with Crippen LogP contribution in [0, 0.1) is 10.1 Å². The number of nitro groups is 1. The lowest BCUT2D eigenvalue weighted by atomic mass is 10.0. The molecule has 0 aromatic heterocycles. The number of hydrogen-bond acceptors (Lipinski definition) is 5. The van der Waals surface area contributed by atoms with Gasteiger partial charge in [0.1, 0.15) is 17.4 Å². The van der Waals surface area contributed by atoms with Crippen LogP contribution in [0.5, 0.6) is 5.75 Å². The summed E-state index contributed by atoms with van der Waals surface area (Å²) in [4.78, 5) is 38.1. The van der Waals surface area contributed by atoms with Crippen molar-refractivity contribution in [3.63, 3.8) is 0 Å². The monoisotopic (exact) mass is 419 g/mol. The molecule has 158 valence electrons. The van der Waals surface area contributed by atoms with Crippen LogP contribution in [0.4, 0.5) is 5.69 Å². The van der Waals surface area contributed by atoms with Gasteiger partial charge in [0.15, 0.2) is 0 Å². The third-order valence-corrected chi connectivity index (χ3v) is 4.78. The van der Waals surface area contributed by atoms with Crippen LogP contribution in [0.25, 0.3) is 0 Å². The van der Waals surface area contributed by atoms with Gasteiger partial charge in [-0.15, -0.1) is 0 Å². The van der Waals surface area contributed by atoms with Gasteiger partial charge in [-0.25, -0.2) is 0 Å². The van der Waals surface area contributed by atoms with Gasteiger partial charge in [-0.3, -0.25) is 19.7 Å². The topological polar surface area (TPSA) is 116 Å². The maximum absolute atomic E-state index is 13.5. The number of nitrogens with zero attached hydrogens (tertiary/aromatic N) is 2. The fourth-order valence-electron chi connectivity index (χ4n) is 3.35. The van der Waals surface area contributed by atoms with Crippen LogP contribution in [-0.4, -0.2) is 28.7 Å². The summed E-state index contributed by atoms with van der Waals surface area (Å²) in [5.74, 6) is -0.852. The second-order valence-electron chi connectivity index (χ2n) is 6.77. The molecule has 0 saturated carbocycles. The van der Waals surface area contributed by atoms with E-state index in [1.54, 1.807) is 54.6 Å². The third-order valence-electron chi connectivity index (χ3n) is 4.78. The van der Waals surface area contributed by atoms with E-state index in [1.807, 2.05) is 0 Å². The molecule has 2 amide bonds. The molecule has 0 unspecified atom stereocenters. The van der Waals surface area contributed by atoms with E-state index in [1.165, 1.54) is 36.3 Å². The van der Waals surface area contributed by atoms with E-state index in [0.29, 0.717) is 16.9 Å². The molecule has 1 atom stereocenters. The van der Waals surface area contributed by atoms with Gasteiger partial charge in [0.05, 0.1) is 12.0 Å². The molecule has 0 aliphatic rings. The smallest absolute Gasteiger partial charge is 0.282 e. The lowest BCUT2D eigenvalue weighted by molar-refractivity contribution is -0.385. The van der Waals surface area contributed by atoms with Gasteiger partial charge in [-0.1, -0.05) is 54.6 Å². The number of nitro benzene ring substituents is 1. The normalized spacial score (nSPS) is 11.4. The lowest BCUT2D eigenvalue weighted by Gasteiger charge is -2.30. The summed E-state index contributed by atoms with van der Waals surface area (Å²) in [6, 6.07) is 20.1. The van der Waals surface area contributed by atoms with Gasteiger partial charge in [0.2, 0.25) is 5.91 Å². The van der Waals surface area contributed by atoms with Crippen molar-refractivity contribution >= 4 is 17.5 Å². The van der Waals surface area contributed by atoms with Crippen LogP contribution in [0.2, 0.25) is 0 Å². The minimum Gasteiger partial charge on any atom is -0.497 e. The number of ether oxygens (including phenoxy) is 1. The molecular weight excluding hydrogens is 398 g/mol. The predicted molar refractivity (Wildman–Crippen MR) is 114 cm³/mol. The summed E-state index contributed by atoms with van der Waals surface area (Å²) in [5.41, 5.74) is 6.41. The Kier molecular flexibility index (Phi) is 6.61. The Balaban J connectivity index is 2.12. The number of hydrogen-bond donors (Lipinski definition) is 1. The number of primary amides is 1. The summed E-state index contributed by atoms with van der Waals surface area (Å²) in [6.07, 6.45) is 0. The largest absolute Gasteiger partial charge is 0.497 e. The molecule has 31 heavy (non-hydrogen) atoms. The fourth-order valence-corrected chi connectivity index (χ4v) is 3.35. The molecule has 0 aliphatic carbocycles. The zero-order valence-electron chi connectivity index (χ0n) is 16.8. The Morgan fingerprint density at radius 3 is 2.35 bits per heavy atom. The van der Waals surface area contributed by atoms with E-state index in [4.69, 9.17) is 10.5 Å². The second kappa shape index (κ2) is 9.53. The summed E-state index contributed by atoms with van der Waals surface area (Å²) in [7, 11) is 1.52. The van der Waals surface area contributed by atoms with Gasteiger partial charge < -0.3 is 15.4 Å². The van der Waals surface area contributed by atoms with E-state index in [0.717, 1.165) is 0 Å². The van der Waals surface area contributed by atoms with Crippen molar-refractivity contribution in [3.05, 3.63) is 106 Å². The number of amides is 2. The molecule has 0 spiro atoms. The van der Waals surface area contributed by atoms with Crippen molar-refractivity contribution in [1.82, 2.24) is 4.90 Å². The van der Waals surface area contributed by atoms with Crippen molar-refractivity contribution in [3.8, 4) is 5.75 Å². The van der Waals surface area contributed by atoms with Crippen LogP contribution in [0.15, 0.2) is 78.9 Å². The van der Waals surface area contributed by atoms with Crippen LogP contribution >= 0.6 is 0 Å². The number of carbonyl (C=O) groups is 2.